The van der Waals surface area contributed by atoms with Crippen molar-refractivity contribution in [3.8, 4) is 0 Å². The molecule has 2 N–H and O–H groups in total. The van der Waals surface area contributed by atoms with Gasteiger partial charge in [0.25, 0.3) is 0 Å². The SMILES string of the molecule is CC1CC(C)C(OCc2ccccc2F)C(N)C1. The van der Waals surface area contributed by atoms with E-state index in [0.717, 1.165) is 12.8 Å². The van der Waals surface area contributed by atoms with Crippen molar-refractivity contribution in [2.24, 2.45) is 17.6 Å². The van der Waals surface area contributed by atoms with E-state index in [-0.39, 0.29) is 18.0 Å². The van der Waals surface area contributed by atoms with E-state index < -0.39 is 0 Å². The number of hydrogen-bond acceptors (Lipinski definition) is 2. The third-order valence-corrected chi connectivity index (χ3v) is 3.82. The van der Waals surface area contributed by atoms with Crippen molar-refractivity contribution >= 4 is 0 Å². The molecule has 1 saturated carbocycles. The van der Waals surface area contributed by atoms with Crippen molar-refractivity contribution < 1.29 is 9.13 Å². The lowest BCUT2D eigenvalue weighted by molar-refractivity contribution is -0.0386. The van der Waals surface area contributed by atoms with E-state index in [1.165, 1.54) is 6.07 Å². The topological polar surface area (TPSA) is 35.2 Å². The third-order valence-electron chi connectivity index (χ3n) is 3.82. The molecule has 4 atom stereocenters. The quantitative estimate of drug-likeness (QED) is 0.896. The van der Waals surface area contributed by atoms with Crippen molar-refractivity contribution in [2.75, 3.05) is 0 Å². The summed E-state index contributed by atoms with van der Waals surface area (Å²) in [4.78, 5) is 0. The van der Waals surface area contributed by atoms with Crippen molar-refractivity contribution in [2.45, 2.75) is 45.4 Å². The molecule has 1 aliphatic carbocycles. The first-order valence-electron chi connectivity index (χ1n) is 6.68. The molecule has 18 heavy (non-hydrogen) atoms. The second kappa shape index (κ2) is 5.81. The van der Waals surface area contributed by atoms with Gasteiger partial charge in [-0.1, -0.05) is 32.0 Å². The van der Waals surface area contributed by atoms with E-state index in [2.05, 4.69) is 13.8 Å². The molecule has 0 aliphatic heterocycles. The van der Waals surface area contributed by atoms with E-state index in [1.807, 2.05) is 6.07 Å². The van der Waals surface area contributed by atoms with Crippen LogP contribution in [0, 0.1) is 17.7 Å². The van der Waals surface area contributed by atoms with Crippen molar-refractivity contribution in [1.29, 1.82) is 0 Å². The molecule has 100 valence electrons. The Morgan fingerprint density at radius 1 is 1.28 bits per heavy atom. The first-order chi connectivity index (χ1) is 8.58. The first-order valence-corrected chi connectivity index (χ1v) is 6.68. The Labute approximate surface area is 108 Å². The fourth-order valence-electron chi connectivity index (χ4n) is 2.98. The Balaban J connectivity index is 1.95. The Kier molecular flexibility index (Phi) is 4.36. The van der Waals surface area contributed by atoms with Gasteiger partial charge in [-0.15, -0.1) is 0 Å². The molecule has 4 unspecified atom stereocenters. The second-order valence-corrected chi connectivity index (χ2v) is 5.58. The van der Waals surface area contributed by atoms with Gasteiger partial charge >= 0.3 is 0 Å². The zero-order chi connectivity index (χ0) is 13.1. The van der Waals surface area contributed by atoms with E-state index in [4.69, 9.17) is 10.5 Å². The standard InChI is InChI=1S/C15H22FNO/c1-10-7-11(2)15(14(17)8-10)18-9-12-5-3-4-6-13(12)16/h3-6,10-11,14-15H,7-9,17H2,1-2H3. The van der Waals surface area contributed by atoms with Gasteiger partial charge in [0.2, 0.25) is 0 Å². The molecule has 2 rings (SSSR count). The molecular weight excluding hydrogens is 229 g/mol. The van der Waals surface area contributed by atoms with Crippen molar-refractivity contribution in [3.63, 3.8) is 0 Å². The van der Waals surface area contributed by atoms with E-state index in [9.17, 15) is 4.39 Å². The van der Waals surface area contributed by atoms with Crippen LogP contribution in [0.1, 0.15) is 32.3 Å². The monoisotopic (exact) mass is 251 g/mol. The van der Waals surface area contributed by atoms with Crippen LogP contribution in [0.3, 0.4) is 0 Å². The van der Waals surface area contributed by atoms with Crippen molar-refractivity contribution in [1.82, 2.24) is 0 Å². The Hall–Kier alpha value is -0.930. The van der Waals surface area contributed by atoms with Crippen LogP contribution in [0.15, 0.2) is 24.3 Å². The van der Waals surface area contributed by atoms with Gasteiger partial charge in [-0.3, -0.25) is 0 Å². The average molecular weight is 251 g/mol. The Morgan fingerprint density at radius 3 is 2.67 bits per heavy atom. The smallest absolute Gasteiger partial charge is 0.128 e. The van der Waals surface area contributed by atoms with Gasteiger partial charge < -0.3 is 10.5 Å². The molecule has 1 aromatic rings. The minimum absolute atomic E-state index is 0.0424. The molecule has 2 nitrogen and oxygen atoms in total. The first kappa shape index (κ1) is 13.5. The maximum atomic E-state index is 13.5. The van der Waals surface area contributed by atoms with Gasteiger partial charge in [-0.25, -0.2) is 4.39 Å². The summed E-state index contributed by atoms with van der Waals surface area (Å²) in [6, 6.07) is 6.81. The highest BCUT2D eigenvalue weighted by molar-refractivity contribution is 5.16. The molecule has 0 saturated heterocycles. The minimum atomic E-state index is -0.206. The van der Waals surface area contributed by atoms with Crippen LogP contribution in [0.4, 0.5) is 4.39 Å². The minimum Gasteiger partial charge on any atom is -0.372 e. The summed E-state index contributed by atoms with van der Waals surface area (Å²) in [7, 11) is 0. The Morgan fingerprint density at radius 2 is 2.00 bits per heavy atom. The lowest BCUT2D eigenvalue weighted by atomic mass is 9.78. The van der Waals surface area contributed by atoms with Crippen LogP contribution in [0.25, 0.3) is 0 Å². The highest BCUT2D eigenvalue weighted by Gasteiger charge is 2.32. The number of ether oxygens (including phenoxy) is 1. The number of hydrogen-bond donors (Lipinski definition) is 1. The molecule has 0 bridgehead atoms. The van der Waals surface area contributed by atoms with Crippen LogP contribution in [0.2, 0.25) is 0 Å². The van der Waals surface area contributed by atoms with Gasteiger partial charge in [0.05, 0.1) is 12.7 Å². The largest absolute Gasteiger partial charge is 0.372 e. The predicted molar refractivity (Wildman–Crippen MR) is 70.5 cm³/mol. The van der Waals surface area contributed by atoms with Crippen LogP contribution < -0.4 is 5.73 Å². The summed E-state index contributed by atoms with van der Waals surface area (Å²) in [5, 5.41) is 0. The van der Waals surface area contributed by atoms with E-state index in [1.54, 1.807) is 12.1 Å². The van der Waals surface area contributed by atoms with Gasteiger partial charge in [0, 0.05) is 11.6 Å². The summed E-state index contributed by atoms with van der Waals surface area (Å²) in [5.74, 6) is 0.890. The Bertz CT molecular complexity index is 384. The highest BCUT2D eigenvalue weighted by Crippen LogP contribution is 2.30. The number of nitrogens with two attached hydrogens (primary N) is 1. The molecule has 0 radical (unpaired) electrons. The molecule has 1 aromatic carbocycles. The second-order valence-electron chi connectivity index (χ2n) is 5.58. The van der Waals surface area contributed by atoms with Gasteiger partial charge in [-0.05, 0) is 30.7 Å². The van der Waals surface area contributed by atoms with Gasteiger partial charge in [0.15, 0.2) is 0 Å². The normalized spacial score (nSPS) is 32.4. The zero-order valence-electron chi connectivity index (χ0n) is 11.1. The molecule has 0 spiro atoms. The van der Waals surface area contributed by atoms with Gasteiger partial charge in [-0.2, -0.15) is 0 Å². The number of benzene rings is 1. The summed E-state index contributed by atoms with van der Waals surface area (Å²) in [5.41, 5.74) is 6.75. The summed E-state index contributed by atoms with van der Waals surface area (Å²) < 4.78 is 19.3. The molecule has 0 amide bonds. The van der Waals surface area contributed by atoms with Crippen molar-refractivity contribution in [3.05, 3.63) is 35.6 Å². The fourth-order valence-corrected chi connectivity index (χ4v) is 2.98. The number of rotatable bonds is 3. The fraction of sp³-hybridized carbons (Fsp3) is 0.600. The molecule has 3 heteroatoms. The maximum Gasteiger partial charge on any atom is 0.128 e. The molecule has 1 fully saturated rings. The zero-order valence-corrected chi connectivity index (χ0v) is 11.1. The lowest BCUT2D eigenvalue weighted by Gasteiger charge is -2.37. The average Bonchev–Trinajstić information content (AvgIpc) is 2.30. The summed E-state index contributed by atoms with van der Waals surface area (Å²) in [6.45, 7) is 4.70. The van der Waals surface area contributed by atoms with E-state index >= 15 is 0 Å². The van der Waals surface area contributed by atoms with Crippen LogP contribution in [-0.2, 0) is 11.3 Å². The van der Waals surface area contributed by atoms with E-state index in [0.29, 0.717) is 24.0 Å². The molecule has 1 aliphatic rings. The summed E-state index contributed by atoms with van der Waals surface area (Å²) >= 11 is 0. The van der Waals surface area contributed by atoms with Gasteiger partial charge in [0.1, 0.15) is 5.82 Å². The van der Waals surface area contributed by atoms with Crippen LogP contribution in [-0.4, -0.2) is 12.1 Å². The lowest BCUT2D eigenvalue weighted by Crippen LogP contribution is -2.46. The van der Waals surface area contributed by atoms with Crippen LogP contribution in [0.5, 0.6) is 0 Å². The number of halogens is 1. The molecule has 0 heterocycles. The van der Waals surface area contributed by atoms with Crippen LogP contribution >= 0.6 is 0 Å². The predicted octanol–water partition coefficient (Wildman–Crippen LogP) is 3.10. The third kappa shape index (κ3) is 3.09. The molecular formula is C15H22FNO. The highest BCUT2D eigenvalue weighted by atomic mass is 19.1. The summed E-state index contributed by atoms with van der Waals surface area (Å²) in [6.07, 6.45) is 2.17. The maximum absolute atomic E-state index is 13.5. The molecule has 0 aromatic heterocycles.